The molecule has 0 radical (unpaired) electrons. The molecule has 0 bridgehead atoms. The first-order chi connectivity index (χ1) is 5.08. The number of carbonyl (C=O) groups is 2. The zero-order valence-corrected chi connectivity index (χ0v) is 7.09. The number of Topliss-reactive ketones (excluding diaryl/α,β-unsaturated/α-hetero) is 1. The van der Waals surface area contributed by atoms with Crippen LogP contribution >= 0.6 is 0 Å². The van der Waals surface area contributed by atoms with Crippen LogP contribution in [0, 0.1) is 11.3 Å². The summed E-state index contributed by atoms with van der Waals surface area (Å²) in [4.78, 5) is 21.9. The normalized spacial score (nSPS) is 30.0. The topological polar surface area (TPSA) is 34.1 Å². The van der Waals surface area contributed by atoms with Crippen molar-refractivity contribution < 1.29 is 9.59 Å². The van der Waals surface area contributed by atoms with Crippen LogP contribution in [0.1, 0.15) is 33.1 Å². The minimum Gasteiger partial charge on any atom is -0.303 e. The van der Waals surface area contributed by atoms with Crippen LogP contribution < -0.4 is 0 Å². The molecule has 0 aromatic heterocycles. The molecule has 0 amide bonds. The lowest BCUT2D eigenvalue weighted by Gasteiger charge is -2.30. The Morgan fingerprint density at radius 2 is 2.18 bits per heavy atom. The van der Waals surface area contributed by atoms with Gasteiger partial charge in [0.25, 0.3) is 0 Å². The molecule has 1 aliphatic rings. The average Bonchev–Trinajstić information content (AvgIpc) is 1.95. The molecule has 1 saturated carbocycles. The third-order valence-corrected chi connectivity index (χ3v) is 2.48. The second-order valence-corrected chi connectivity index (χ2v) is 3.88. The van der Waals surface area contributed by atoms with Crippen molar-refractivity contribution in [3.8, 4) is 0 Å². The third-order valence-electron chi connectivity index (χ3n) is 2.48. The summed E-state index contributed by atoms with van der Waals surface area (Å²) in [5.74, 6) is -0.197. The van der Waals surface area contributed by atoms with Crippen LogP contribution in [0.25, 0.3) is 0 Å². The van der Waals surface area contributed by atoms with Gasteiger partial charge in [0.05, 0.1) is 5.92 Å². The lowest BCUT2D eigenvalue weighted by Crippen LogP contribution is -2.35. The molecule has 11 heavy (non-hydrogen) atoms. The van der Waals surface area contributed by atoms with E-state index in [0.717, 1.165) is 25.5 Å². The average molecular weight is 154 g/mol. The number of rotatable bonds is 1. The highest BCUT2D eigenvalue weighted by molar-refractivity contribution is 5.97. The SMILES string of the molecule is CC1(C)CCCC(C=O)C1=O. The van der Waals surface area contributed by atoms with Gasteiger partial charge in [-0.2, -0.15) is 0 Å². The Hall–Kier alpha value is -0.660. The molecule has 1 atom stereocenters. The summed E-state index contributed by atoms with van der Waals surface area (Å²) in [5.41, 5.74) is -0.260. The maximum atomic E-state index is 11.4. The van der Waals surface area contributed by atoms with E-state index in [-0.39, 0.29) is 17.1 Å². The van der Waals surface area contributed by atoms with Gasteiger partial charge in [-0.1, -0.05) is 20.3 Å². The van der Waals surface area contributed by atoms with Crippen molar-refractivity contribution >= 4 is 12.1 Å². The fraction of sp³-hybridized carbons (Fsp3) is 0.778. The summed E-state index contributed by atoms with van der Waals surface area (Å²) < 4.78 is 0. The summed E-state index contributed by atoms with van der Waals surface area (Å²) in [6, 6.07) is 0. The second-order valence-electron chi connectivity index (χ2n) is 3.88. The van der Waals surface area contributed by atoms with Crippen LogP contribution in [0.15, 0.2) is 0 Å². The van der Waals surface area contributed by atoms with Crippen LogP contribution in [0.2, 0.25) is 0 Å². The molecule has 2 heteroatoms. The van der Waals surface area contributed by atoms with Crippen molar-refractivity contribution in [1.82, 2.24) is 0 Å². The second kappa shape index (κ2) is 2.76. The smallest absolute Gasteiger partial charge is 0.148 e. The van der Waals surface area contributed by atoms with Crippen molar-refractivity contribution in [2.45, 2.75) is 33.1 Å². The van der Waals surface area contributed by atoms with E-state index in [1.807, 2.05) is 13.8 Å². The molecular weight excluding hydrogens is 140 g/mol. The quantitative estimate of drug-likeness (QED) is 0.424. The van der Waals surface area contributed by atoms with Crippen molar-refractivity contribution in [1.29, 1.82) is 0 Å². The molecule has 0 saturated heterocycles. The van der Waals surface area contributed by atoms with Gasteiger partial charge in [-0.05, 0) is 12.8 Å². The number of hydrogen-bond donors (Lipinski definition) is 0. The highest BCUT2D eigenvalue weighted by Crippen LogP contribution is 2.34. The first-order valence-corrected chi connectivity index (χ1v) is 4.07. The zero-order valence-electron chi connectivity index (χ0n) is 7.09. The van der Waals surface area contributed by atoms with Gasteiger partial charge >= 0.3 is 0 Å². The Bertz CT molecular complexity index is 182. The van der Waals surface area contributed by atoms with Gasteiger partial charge in [0, 0.05) is 5.41 Å². The lowest BCUT2D eigenvalue weighted by atomic mass is 9.71. The minimum atomic E-state index is -0.321. The van der Waals surface area contributed by atoms with Crippen LogP contribution in [0.3, 0.4) is 0 Å². The van der Waals surface area contributed by atoms with E-state index in [4.69, 9.17) is 0 Å². The van der Waals surface area contributed by atoms with Gasteiger partial charge in [-0.25, -0.2) is 0 Å². The summed E-state index contributed by atoms with van der Waals surface area (Å²) >= 11 is 0. The molecule has 0 aromatic carbocycles. The van der Waals surface area contributed by atoms with Gasteiger partial charge in [0.15, 0.2) is 0 Å². The Labute approximate surface area is 67.0 Å². The Morgan fingerprint density at radius 3 is 2.64 bits per heavy atom. The molecule has 2 nitrogen and oxygen atoms in total. The molecule has 1 fully saturated rings. The predicted octanol–water partition coefficient (Wildman–Crippen LogP) is 1.58. The number of hydrogen-bond acceptors (Lipinski definition) is 2. The summed E-state index contributed by atoms with van der Waals surface area (Å²) in [7, 11) is 0. The molecule has 0 spiro atoms. The Morgan fingerprint density at radius 1 is 1.55 bits per heavy atom. The maximum absolute atomic E-state index is 11.4. The molecule has 1 unspecified atom stereocenters. The van der Waals surface area contributed by atoms with Gasteiger partial charge in [0.1, 0.15) is 12.1 Å². The largest absolute Gasteiger partial charge is 0.303 e. The van der Waals surface area contributed by atoms with E-state index in [2.05, 4.69) is 0 Å². The van der Waals surface area contributed by atoms with Crippen molar-refractivity contribution in [2.24, 2.45) is 11.3 Å². The summed E-state index contributed by atoms with van der Waals surface area (Å²) in [6.07, 6.45) is 3.48. The fourth-order valence-corrected chi connectivity index (χ4v) is 1.65. The van der Waals surface area contributed by atoms with Crippen molar-refractivity contribution in [2.75, 3.05) is 0 Å². The maximum Gasteiger partial charge on any atom is 0.148 e. The molecular formula is C9H14O2. The van der Waals surface area contributed by atoms with Gasteiger partial charge < -0.3 is 4.79 Å². The first-order valence-electron chi connectivity index (χ1n) is 4.07. The highest BCUT2D eigenvalue weighted by atomic mass is 16.1. The fourth-order valence-electron chi connectivity index (χ4n) is 1.65. The highest BCUT2D eigenvalue weighted by Gasteiger charge is 2.36. The molecule has 0 N–H and O–H groups in total. The standard InChI is InChI=1S/C9H14O2/c1-9(2)5-3-4-7(6-10)8(9)11/h6-7H,3-5H2,1-2H3. The molecule has 0 aromatic rings. The molecule has 62 valence electrons. The van der Waals surface area contributed by atoms with Crippen LogP contribution in [0.5, 0.6) is 0 Å². The molecule has 1 rings (SSSR count). The van der Waals surface area contributed by atoms with E-state index >= 15 is 0 Å². The van der Waals surface area contributed by atoms with E-state index in [1.165, 1.54) is 0 Å². The van der Waals surface area contributed by atoms with Gasteiger partial charge in [-0.15, -0.1) is 0 Å². The number of aldehydes is 1. The van der Waals surface area contributed by atoms with Crippen LogP contribution in [0.4, 0.5) is 0 Å². The lowest BCUT2D eigenvalue weighted by molar-refractivity contribution is -0.137. The summed E-state index contributed by atoms with van der Waals surface area (Å²) in [6.45, 7) is 3.84. The molecule has 1 aliphatic carbocycles. The third kappa shape index (κ3) is 1.50. The van der Waals surface area contributed by atoms with Gasteiger partial charge in [0.2, 0.25) is 0 Å². The van der Waals surface area contributed by atoms with E-state index in [9.17, 15) is 9.59 Å². The summed E-state index contributed by atoms with van der Waals surface area (Å²) in [5, 5.41) is 0. The monoisotopic (exact) mass is 154 g/mol. The van der Waals surface area contributed by atoms with E-state index < -0.39 is 0 Å². The van der Waals surface area contributed by atoms with Crippen LogP contribution in [-0.4, -0.2) is 12.1 Å². The van der Waals surface area contributed by atoms with Crippen LogP contribution in [-0.2, 0) is 9.59 Å². The number of carbonyl (C=O) groups excluding carboxylic acids is 2. The first kappa shape index (κ1) is 8.44. The van der Waals surface area contributed by atoms with Crippen molar-refractivity contribution in [3.63, 3.8) is 0 Å². The van der Waals surface area contributed by atoms with Gasteiger partial charge in [-0.3, -0.25) is 4.79 Å². The number of ketones is 1. The van der Waals surface area contributed by atoms with E-state index in [1.54, 1.807) is 0 Å². The minimum absolute atomic E-state index is 0.124. The zero-order chi connectivity index (χ0) is 8.48. The van der Waals surface area contributed by atoms with Crippen molar-refractivity contribution in [3.05, 3.63) is 0 Å². The Balaban J connectivity index is 2.75. The molecule has 0 heterocycles. The predicted molar refractivity (Wildman–Crippen MR) is 42.2 cm³/mol. The van der Waals surface area contributed by atoms with E-state index in [0.29, 0.717) is 0 Å². The molecule has 0 aliphatic heterocycles. The Kier molecular flexibility index (Phi) is 2.12.